The van der Waals surface area contributed by atoms with Crippen LogP contribution in [-0.2, 0) is 0 Å². The molecule has 2 aromatic carbocycles. The first-order chi connectivity index (χ1) is 13.1. The molecule has 2 aromatic heterocycles. The van der Waals surface area contributed by atoms with Crippen LogP contribution in [0, 0.1) is 6.92 Å². The first-order valence-electron chi connectivity index (χ1n) is 8.12. The lowest BCUT2D eigenvalue weighted by Crippen LogP contribution is -2.17. The normalized spacial score (nSPS) is 11.3. The van der Waals surface area contributed by atoms with E-state index < -0.39 is 0 Å². The van der Waals surface area contributed by atoms with E-state index in [0.717, 1.165) is 10.6 Å². The molecule has 0 aliphatic carbocycles. The molecule has 134 valence electrons. The second-order valence-electron chi connectivity index (χ2n) is 5.78. The molecule has 27 heavy (non-hydrogen) atoms. The van der Waals surface area contributed by atoms with Gasteiger partial charge in [0.2, 0.25) is 5.13 Å². The van der Waals surface area contributed by atoms with Crippen LogP contribution in [0.4, 0.5) is 5.13 Å². The summed E-state index contributed by atoms with van der Waals surface area (Å²) >= 11 is 7.28. The third-order valence-corrected chi connectivity index (χ3v) is 5.07. The van der Waals surface area contributed by atoms with Gasteiger partial charge in [0.05, 0.1) is 11.3 Å². The van der Waals surface area contributed by atoms with E-state index in [9.17, 15) is 4.79 Å². The fourth-order valence-corrected chi connectivity index (χ4v) is 3.39. The van der Waals surface area contributed by atoms with Crippen LogP contribution in [0.15, 0.2) is 64.4 Å². The number of aliphatic imine (C=N–C) groups is 1. The highest BCUT2D eigenvalue weighted by Crippen LogP contribution is 2.27. The maximum atomic E-state index is 12.7. The summed E-state index contributed by atoms with van der Waals surface area (Å²) in [6.07, 6.45) is 1.52. The molecule has 0 unspecified atom stereocenters. The molecule has 0 spiro atoms. The van der Waals surface area contributed by atoms with Crippen molar-refractivity contribution >= 4 is 34.3 Å². The second kappa shape index (κ2) is 7.30. The van der Waals surface area contributed by atoms with Gasteiger partial charge in [0, 0.05) is 22.5 Å². The van der Waals surface area contributed by atoms with Crippen molar-refractivity contribution in [2.75, 3.05) is 0 Å². The second-order valence-corrected chi connectivity index (χ2v) is 7.17. The Labute approximate surface area is 163 Å². The topological polar surface area (TPSA) is 75.9 Å². The Morgan fingerprint density at radius 1 is 1.11 bits per heavy atom. The van der Waals surface area contributed by atoms with Gasteiger partial charge in [0.1, 0.15) is 5.01 Å². The van der Waals surface area contributed by atoms with Crippen LogP contribution in [0.25, 0.3) is 16.3 Å². The van der Waals surface area contributed by atoms with Gasteiger partial charge in [0.15, 0.2) is 0 Å². The number of aryl methyl sites for hydroxylation is 1. The maximum absolute atomic E-state index is 12.7. The van der Waals surface area contributed by atoms with Gasteiger partial charge in [-0.15, -0.1) is 10.2 Å². The Hall–Kier alpha value is -3.03. The molecular weight excluding hydrogens is 382 g/mol. The van der Waals surface area contributed by atoms with Crippen molar-refractivity contribution in [3.63, 3.8) is 0 Å². The summed E-state index contributed by atoms with van der Waals surface area (Å²) in [5.41, 5.74) is 2.69. The number of hydrogen-bond donors (Lipinski definition) is 1. The first-order valence-corrected chi connectivity index (χ1v) is 9.32. The number of H-pyrrole nitrogens is 1. The molecule has 6 nitrogen and oxygen atoms in total. The van der Waals surface area contributed by atoms with Crippen LogP contribution in [0.5, 0.6) is 0 Å². The van der Waals surface area contributed by atoms with Crippen molar-refractivity contribution in [3.8, 4) is 16.3 Å². The summed E-state index contributed by atoms with van der Waals surface area (Å²) in [5.74, 6) is 0. The molecule has 0 saturated carbocycles. The largest absolute Gasteiger partial charge is 0.295 e. The van der Waals surface area contributed by atoms with Crippen molar-refractivity contribution in [1.29, 1.82) is 0 Å². The van der Waals surface area contributed by atoms with Crippen molar-refractivity contribution < 1.29 is 0 Å². The summed E-state index contributed by atoms with van der Waals surface area (Å²) in [4.78, 5) is 17.0. The van der Waals surface area contributed by atoms with Crippen LogP contribution in [0.3, 0.4) is 0 Å². The fourth-order valence-electron chi connectivity index (χ4n) is 2.57. The van der Waals surface area contributed by atoms with Crippen molar-refractivity contribution in [1.82, 2.24) is 20.0 Å². The number of hydrogen-bond acceptors (Lipinski definition) is 5. The van der Waals surface area contributed by atoms with Crippen LogP contribution in [0.2, 0.25) is 5.02 Å². The minimum atomic E-state index is -0.189. The van der Waals surface area contributed by atoms with Crippen molar-refractivity contribution in [2.45, 2.75) is 6.92 Å². The zero-order valence-electron chi connectivity index (χ0n) is 14.3. The highest BCUT2D eigenvalue weighted by atomic mass is 35.5. The zero-order valence-corrected chi connectivity index (χ0v) is 15.8. The van der Waals surface area contributed by atoms with Crippen LogP contribution >= 0.6 is 22.9 Å². The lowest BCUT2D eigenvalue weighted by atomic mass is 10.2. The number of benzene rings is 2. The van der Waals surface area contributed by atoms with E-state index >= 15 is 0 Å². The van der Waals surface area contributed by atoms with E-state index in [1.54, 1.807) is 24.3 Å². The first kappa shape index (κ1) is 17.4. The number of halogens is 1. The number of nitrogens with one attached hydrogen (secondary N) is 1. The molecule has 0 fully saturated rings. The molecule has 0 amide bonds. The quantitative estimate of drug-likeness (QED) is 0.520. The third kappa shape index (κ3) is 3.60. The fraction of sp³-hybridized carbons (Fsp3) is 0.0526. The standard InChI is InChI=1S/C19H14ClN5OS/c1-12-16(18(26)25(24-12)15-9-7-14(20)8-10-15)11-21-19-23-22-17(27-19)13-5-3-2-4-6-13/h2-11,24H,1H3/b21-11+. The van der Waals surface area contributed by atoms with Gasteiger partial charge in [-0.3, -0.25) is 9.89 Å². The highest BCUT2D eigenvalue weighted by Gasteiger charge is 2.11. The van der Waals surface area contributed by atoms with E-state index in [4.69, 9.17) is 11.6 Å². The van der Waals surface area contributed by atoms with E-state index in [1.807, 2.05) is 37.3 Å². The molecule has 0 bridgehead atoms. The molecule has 0 atom stereocenters. The Morgan fingerprint density at radius 2 is 1.85 bits per heavy atom. The van der Waals surface area contributed by atoms with Crippen LogP contribution < -0.4 is 5.56 Å². The number of rotatable bonds is 4. The lowest BCUT2D eigenvalue weighted by Gasteiger charge is -2.00. The SMILES string of the molecule is Cc1[nH]n(-c2ccc(Cl)cc2)c(=O)c1/C=N/c1nnc(-c2ccccc2)s1. The molecule has 4 rings (SSSR count). The number of nitrogens with zero attached hydrogens (tertiary/aromatic N) is 4. The smallest absolute Gasteiger partial charge is 0.280 e. The molecule has 0 aliphatic heterocycles. The Morgan fingerprint density at radius 3 is 2.59 bits per heavy atom. The Bertz CT molecular complexity index is 1160. The minimum absolute atomic E-state index is 0.189. The van der Waals surface area contributed by atoms with Crippen molar-refractivity contribution in [3.05, 3.63) is 81.2 Å². The molecule has 2 heterocycles. The summed E-state index contributed by atoms with van der Waals surface area (Å²) in [6.45, 7) is 1.82. The van der Waals surface area contributed by atoms with Gasteiger partial charge in [-0.2, -0.15) is 0 Å². The van der Waals surface area contributed by atoms with Crippen LogP contribution in [-0.4, -0.2) is 26.2 Å². The van der Waals surface area contributed by atoms with E-state index in [0.29, 0.717) is 27.1 Å². The summed E-state index contributed by atoms with van der Waals surface area (Å²) < 4.78 is 1.46. The molecule has 1 N–H and O–H groups in total. The highest BCUT2D eigenvalue weighted by molar-refractivity contribution is 7.18. The summed E-state index contributed by atoms with van der Waals surface area (Å²) in [6, 6.07) is 16.8. The van der Waals surface area contributed by atoms with Gasteiger partial charge in [-0.1, -0.05) is 53.3 Å². The molecule has 8 heteroatoms. The number of aromatic amines is 1. The van der Waals surface area contributed by atoms with Gasteiger partial charge < -0.3 is 0 Å². The number of aromatic nitrogens is 4. The molecule has 0 saturated heterocycles. The average molecular weight is 396 g/mol. The monoisotopic (exact) mass is 395 g/mol. The van der Waals surface area contributed by atoms with E-state index in [1.165, 1.54) is 22.2 Å². The van der Waals surface area contributed by atoms with E-state index in [-0.39, 0.29) is 5.56 Å². The predicted molar refractivity (Wildman–Crippen MR) is 109 cm³/mol. The van der Waals surface area contributed by atoms with Crippen LogP contribution in [0.1, 0.15) is 11.3 Å². The molecule has 4 aromatic rings. The van der Waals surface area contributed by atoms with Gasteiger partial charge in [0.25, 0.3) is 5.56 Å². The summed E-state index contributed by atoms with van der Waals surface area (Å²) in [7, 11) is 0. The zero-order chi connectivity index (χ0) is 18.8. The van der Waals surface area contributed by atoms with E-state index in [2.05, 4.69) is 20.3 Å². The lowest BCUT2D eigenvalue weighted by molar-refractivity contribution is 0.835. The average Bonchev–Trinajstić information content (AvgIpc) is 3.27. The van der Waals surface area contributed by atoms with Crippen molar-refractivity contribution in [2.24, 2.45) is 4.99 Å². The third-order valence-electron chi connectivity index (χ3n) is 3.94. The van der Waals surface area contributed by atoms with Gasteiger partial charge >= 0.3 is 0 Å². The molecule has 0 aliphatic rings. The summed E-state index contributed by atoms with van der Waals surface area (Å²) in [5, 5.41) is 13.2. The maximum Gasteiger partial charge on any atom is 0.280 e. The predicted octanol–water partition coefficient (Wildman–Crippen LogP) is 4.40. The Balaban J connectivity index is 1.63. The Kier molecular flexibility index (Phi) is 4.70. The molecule has 0 radical (unpaired) electrons. The van der Waals surface area contributed by atoms with Gasteiger partial charge in [-0.25, -0.2) is 9.67 Å². The molecular formula is C19H14ClN5OS. The minimum Gasteiger partial charge on any atom is -0.295 e. The van der Waals surface area contributed by atoms with Gasteiger partial charge in [-0.05, 0) is 31.2 Å².